The van der Waals surface area contributed by atoms with Gasteiger partial charge in [-0.3, -0.25) is 0 Å². The average molecular weight is 393 g/mol. The lowest BCUT2D eigenvalue weighted by molar-refractivity contribution is -0.139. The van der Waals surface area contributed by atoms with Crippen LogP contribution in [0.25, 0.3) is 0 Å². The van der Waals surface area contributed by atoms with E-state index >= 15 is 0 Å². The van der Waals surface area contributed by atoms with E-state index in [0.29, 0.717) is 0 Å². The lowest BCUT2D eigenvalue weighted by Crippen LogP contribution is -2.58. The van der Waals surface area contributed by atoms with Gasteiger partial charge in [0, 0.05) is 12.0 Å². The molecule has 6 N–H and O–H groups in total. The molecule has 0 spiro atoms. The van der Waals surface area contributed by atoms with E-state index in [4.69, 9.17) is 14.6 Å². The first-order chi connectivity index (χ1) is 12.3. The van der Waals surface area contributed by atoms with Crippen molar-refractivity contribution in [1.82, 2.24) is 5.32 Å². The molecule has 0 aromatic carbocycles. The molecule has 0 unspecified atom stereocenters. The summed E-state index contributed by atoms with van der Waals surface area (Å²) in [4.78, 5) is 23.6. The summed E-state index contributed by atoms with van der Waals surface area (Å²) in [7, 11) is 0. The van der Waals surface area contributed by atoms with Crippen LogP contribution in [-0.2, 0) is 14.3 Å². The van der Waals surface area contributed by atoms with Gasteiger partial charge in [0.2, 0.25) is 0 Å². The van der Waals surface area contributed by atoms with Gasteiger partial charge in [0.05, 0.1) is 25.4 Å². The Morgan fingerprint density at radius 3 is 2.07 bits per heavy atom. The molecule has 0 fully saturated rings. The first-order valence-corrected chi connectivity index (χ1v) is 8.51. The van der Waals surface area contributed by atoms with Crippen LogP contribution < -0.4 is 5.32 Å². The summed E-state index contributed by atoms with van der Waals surface area (Å²) in [5.41, 5.74) is -0.993. The third-order valence-electron chi connectivity index (χ3n) is 3.42. The Balaban J connectivity index is 5.34. The third kappa shape index (κ3) is 9.16. The SMILES string of the molecule is C=C(C[C@H](O)[C@@H](NC(=O)OC(C)(C)C)[C@@H](O)[C@H](O)[C@H](O)CO)C(=O)OCC. The van der Waals surface area contributed by atoms with Crippen LogP contribution in [0, 0.1) is 0 Å². The summed E-state index contributed by atoms with van der Waals surface area (Å²) in [5, 5.41) is 51.1. The summed E-state index contributed by atoms with van der Waals surface area (Å²) in [6.45, 7) is 9.10. The van der Waals surface area contributed by atoms with Crippen molar-refractivity contribution in [3.63, 3.8) is 0 Å². The van der Waals surface area contributed by atoms with Crippen molar-refractivity contribution >= 4 is 12.1 Å². The number of rotatable bonds is 10. The molecule has 0 aliphatic rings. The molecule has 0 radical (unpaired) electrons. The molecule has 0 heterocycles. The topological polar surface area (TPSA) is 166 Å². The van der Waals surface area contributed by atoms with Crippen LogP contribution in [0.15, 0.2) is 12.2 Å². The summed E-state index contributed by atoms with van der Waals surface area (Å²) in [5.74, 6) is -0.766. The Labute approximate surface area is 158 Å². The molecule has 0 saturated heterocycles. The van der Waals surface area contributed by atoms with Crippen molar-refractivity contribution in [1.29, 1.82) is 0 Å². The zero-order chi connectivity index (χ0) is 21.4. The van der Waals surface area contributed by atoms with E-state index in [0.717, 1.165) is 0 Å². The zero-order valence-electron chi connectivity index (χ0n) is 16.1. The molecule has 0 aromatic rings. The van der Waals surface area contributed by atoms with Gasteiger partial charge in [-0.05, 0) is 27.7 Å². The Morgan fingerprint density at radius 1 is 1.07 bits per heavy atom. The number of nitrogens with one attached hydrogen (secondary N) is 1. The highest BCUT2D eigenvalue weighted by Gasteiger charge is 2.37. The highest BCUT2D eigenvalue weighted by molar-refractivity contribution is 5.87. The van der Waals surface area contributed by atoms with E-state index in [2.05, 4.69) is 11.9 Å². The van der Waals surface area contributed by atoms with Crippen LogP contribution >= 0.6 is 0 Å². The van der Waals surface area contributed by atoms with Gasteiger partial charge in [-0.1, -0.05) is 6.58 Å². The maximum atomic E-state index is 12.0. The monoisotopic (exact) mass is 393 g/mol. The number of alkyl carbamates (subject to hydrolysis) is 1. The molecule has 27 heavy (non-hydrogen) atoms. The van der Waals surface area contributed by atoms with Gasteiger partial charge in [-0.15, -0.1) is 0 Å². The summed E-state index contributed by atoms with van der Waals surface area (Å²) in [6, 6.07) is -1.54. The molecule has 0 bridgehead atoms. The number of aliphatic hydroxyl groups is 5. The Bertz CT molecular complexity index is 503. The number of carbonyl (C=O) groups is 2. The lowest BCUT2D eigenvalue weighted by Gasteiger charge is -2.33. The van der Waals surface area contributed by atoms with Crippen LogP contribution in [0.4, 0.5) is 4.79 Å². The molecule has 0 aromatic heterocycles. The van der Waals surface area contributed by atoms with E-state index in [1.165, 1.54) is 0 Å². The van der Waals surface area contributed by atoms with Crippen molar-refractivity contribution < 1.29 is 44.6 Å². The third-order valence-corrected chi connectivity index (χ3v) is 3.42. The Kier molecular flexibility index (Phi) is 10.5. The second-order valence-corrected chi connectivity index (χ2v) is 7.00. The predicted octanol–water partition coefficient (Wildman–Crippen LogP) is -1.17. The van der Waals surface area contributed by atoms with Crippen LogP contribution in [0.3, 0.4) is 0 Å². The van der Waals surface area contributed by atoms with E-state index in [1.807, 2.05) is 0 Å². The fourth-order valence-electron chi connectivity index (χ4n) is 2.10. The predicted molar refractivity (Wildman–Crippen MR) is 94.7 cm³/mol. The average Bonchev–Trinajstić information content (AvgIpc) is 2.56. The maximum absolute atomic E-state index is 12.0. The van der Waals surface area contributed by atoms with Gasteiger partial charge >= 0.3 is 12.1 Å². The second kappa shape index (κ2) is 11.2. The van der Waals surface area contributed by atoms with E-state index in [9.17, 15) is 30.0 Å². The molecule has 10 nitrogen and oxygen atoms in total. The molecule has 10 heteroatoms. The summed E-state index contributed by atoms with van der Waals surface area (Å²) >= 11 is 0. The number of esters is 1. The quantitative estimate of drug-likeness (QED) is 0.198. The highest BCUT2D eigenvalue weighted by atomic mass is 16.6. The minimum absolute atomic E-state index is 0.0948. The molecule has 0 rings (SSSR count). The normalized spacial score (nSPS) is 17.2. The van der Waals surface area contributed by atoms with Crippen LogP contribution in [0.5, 0.6) is 0 Å². The molecule has 0 saturated carbocycles. The second-order valence-electron chi connectivity index (χ2n) is 7.00. The molecule has 1 amide bonds. The van der Waals surface area contributed by atoms with Crippen molar-refractivity contribution in [2.45, 2.75) is 70.2 Å². The van der Waals surface area contributed by atoms with Crippen LogP contribution in [0.2, 0.25) is 0 Å². The van der Waals surface area contributed by atoms with Gasteiger partial charge in [-0.2, -0.15) is 0 Å². The van der Waals surface area contributed by atoms with Crippen LogP contribution in [0.1, 0.15) is 34.1 Å². The standard InChI is InChI=1S/C17H31NO9/c1-6-26-15(24)9(2)7-10(20)12(14(23)13(22)11(21)8-19)18-16(25)27-17(3,4)5/h10-14,19-23H,2,6-8H2,1,3-5H3,(H,18,25)/t10-,11+,12+,13+,14+/m0/s1. The fourth-order valence-corrected chi connectivity index (χ4v) is 2.10. The number of carbonyl (C=O) groups excluding carboxylic acids is 2. The molecular formula is C17H31NO9. The maximum Gasteiger partial charge on any atom is 0.408 e. The van der Waals surface area contributed by atoms with Crippen molar-refractivity contribution in [3.8, 4) is 0 Å². The smallest absolute Gasteiger partial charge is 0.408 e. The number of hydrogen-bond acceptors (Lipinski definition) is 9. The fraction of sp³-hybridized carbons (Fsp3) is 0.765. The van der Waals surface area contributed by atoms with E-state index < -0.39 is 61.1 Å². The summed E-state index contributed by atoms with van der Waals surface area (Å²) < 4.78 is 9.79. The number of aliphatic hydroxyl groups excluding tert-OH is 5. The molecule has 158 valence electrons. The van der Waals surface area contributed by atoms with E-state index in [-0.39, 0.29) is 12.2 Å². The number of ether oxygens (including phenoxy) is 2. The lowest BCUT2D eigenvalue weighted by atomic mass is 9.93. The first kappa shape index (κ1) is 25.3. The largest absolute Gasteiger partial charge is 0.463 e. The van der Waals surface area contributed by atoms with Gasteiger partial charge in [0.15, 0.2) is 0 Å². The highest BCUT2D eigenvalue weighted by Crippen LogP contribution is 2.16. The molecular weight excluding hydrogens is 362 g/mol. The Morgan fingerprint density at radius 2 is 1.63 bits per heavy atom. The van der Waals surface area contributed by atoms with Crippen LogP contribution in [-0.4, -0.2) is 86.9 Å². The van der Waals surface area contributed by atoms with Crippen molar-refractivity contribution in [3.05, 3.63) is 12.2 Å². The van der Waals surface area contributed by atoms with Gasteiger partial charge in [0.25, 0.3) is 0 Å². The molecule has 5 atom stereocenters. The van der Waals surface area contributed by atoms with Gasteiger partial charge < -0.3 is 40.3 Å². The Hall–Kier alpha value is -1.72. The van der Waals surface area contributed by atoms with Crippen molar-refractivity contribution in [2.24, 2.45) is 0 Å². The van der Waals surface area contributed by atoms with Gasteiger partial charge in [0.1, 0.15) is 23.9 Å². The van der Waals surface area contributed by atoms with E-state index in [1.54, 1.807) is 27.7 Å². The summed E-state index contributed by atoms with van der Waals surface area (Å²) in [6.07, 6.45) is -8.46. The molecule has 0 aliphatic carbocycles. The van der Waals surface area contributed by atoms with Crippen molar-refractivity contribution in [2.75, 3.05) is 13.2 Å². The minimum Gasteiger partial charge on any atom is -0.463 e. The minimum atomic E-state index is -1.89. The number of hydrogen-bond donors (Lipinski definition) is 6. The first-order valence-electron chi connectivity index (χ1n) is 8.51. The molecule has 0 aliphatic heterocycles. The zero-order valence-corrected chi connectivity index (χ0v) is 16.1. The van der Waals surface area contributed by atoms with Gasteiger partial charge in [-0.25, -0.2) is 9.59 Å². The number of amides is 1.